The summed E-state index contributed by atoms with van der Waals surface area (Å²) in [4.78, 5) is 0. The van der Waals surface area contributed by atoms with Crippen molar-refractivity contribution in [2.75, 3.05) is 5.73 Å². The molecule has 1 rings (SSSR count). The number of nitriles is 1. The van der Waals surface area contributed by atoms with Crippen molar-refractivity contribution in [3.8, 4) is 6.07 Å². The lowest BCUT2D eigenvalue weighted by molar-refractivity contribution is 1.46. The molecule has 0 aromatic heterocycles. The monoisotopic (exact) mass is 192 g/mol. The zero-order valence-electron chi connectivity index (χ0n) is 7.21. The fourth-order valence-corrected chi connectivity index (χ4v) is 1.21. The van der Waals surface area contributed by atoms with Crippen LogP contribution in [0.25, 0.3) is 6.08 Å². The van der Waals surface area contributed by atoms with E-state index in [0.717, 1.165) is 11.1 Å². The Morgan fingerprint density at radius 1 is 1.54 bits per heavy atom. The Kier molecular flexibility index (Phi) is 2.94. The van der Waals surface area contributed by atoms with Crippen molar-refractivity contribution < 1.29 is 0 Å². The summed E-state index contributed by atoms with van der Waals surface area (Å²) in [5.41, 5.74) is 7.97. The van der Waals surface area contributed by atoms with Crippen LogP contribution in [-0.2, 0) is 0 Å². The third-order valence-electron chi connectivity index (χ3n) is 1.80. The number of hydrogen-bond donors (Lipinski definition) is 1. The van der Waals surface area contributed by atoms with Gasteiger partial charge in [0.05, 0.1) is 11.1 Å². The van der Waals surface area contributed by atoms with Crippen LogP contribution in [0.4, 0.5) is 5.69 Å². The number of nitrogens with zero attached hydrogens (tertiary/aromatic N) is 1. The van der Waals surface area contributed by atoms with Gasteiger partial charge in [0.25, 0.3) is 0 Å². The van der Waals surface area contributed by atoms with Gasteiger partial charge in [-0.2, -0.15) is 5.26 Å². The number of rotatable bonds is 1. The molecule has 66 valence electrons. The van der Waals surface area contributed by atoms with E-state index < -0.39 is 0 Å². The smallest absolute Gasteiger partial charge is 0.0912 e. The molecule has 0 radical (unpaired) electrons. The van der Waals surface area contributed by atoms with Crippen LogP contribution in [0, 0.1) is 18.3 Å². The highest BCUT2D eigenvalue weighted by atomic mass is 35.5. The Labute approximate surface area is 82.2 Å². The number of benzene rings is 1. The molecule has 0 fully saturated rings. The summed E-state index contributed by atoms with van der Waals surface area (Å²) in [6, 6.07) is 5.47. The van der Waals surface area contributed by atoms with Gasteiger partial charge in [-0.3, -0.25) is 0 Å². The van der Waals surface area contributed by atoms with E-state index in [4.69, 9.17) is 22.6 Å². The first-order valence-corrected chi connectivity index (χ1v) is 4.15. The Morgan fingerprint density at radius 3 is 2.85 bits per heavy atom. The van der Waals surface area contributed by atoms with E-state index in [9.17, 15) is 0 Å². The number of halogens is 1. The Morgan fingerprint density at radius 2 is 2.23 bits per heavy atom. The second-order valence-corrected chi connectivity index (χ2v) is 3.02. The maximum Gasteiger partial charge on any atom is 0.0912 e. The second kappa shape index (κ2) is 3.97. The molecule has 0 spiro atoms. The van der Waals surface area contributed by atoms with Crippen molar-refractivity contribution >= 4 is 23.4 Å². The molecule has 0 saturated heterocycles. The molecule has 0 bridgehead atoms. The summed E-state index contributed by atoms with van der Waals surface area (Å²) < 4.78 is 0. The first-order chi connectivity index (χ1) is 6.16. The van der Waals surface area contributed by atoms with E-state index in [0.29, 0.717) is 10.7 Å². The highest BCUT2D eigenvalue weighted by Crippen LogP contribution is 2.26. The maximum absolute atomic E-state index is 8.34. The lowest BCUT2D eigenvalue weighted by atomic mass is 10.1. The van der Waals surface area contributed by atoms with Gasteiger partial charge >= 0.3 is 0 Å². The minimum absolute atomic E-state index is 0.603. The number of hydrogen-bond acceptors (Lipinski definition) is 2. The van der Waals surface area contributed by atoms with Crippen molar-refractivity contribution in [2.45, 2.75) is 6.92 Å². The summed E-state index contributed by atoms with van der Waals surface area (Å²) in [6.07, 6.45) is 3.05. The average Bonchev–Trinajstić information content (AvgIpc) is 2.13. The Bertz CT molecular complexity index is 389. The van der Waals surface area contributed by atoms with Crippen LogP contribution in [0.3, 0.4) is 0 Å². The zero-order valence-corrected chi connectivity index (χ0v) is 7.97. The topological polar surface area (TPSA) is 49.8 Å². The summed E-state index contributed by atoms with van der Waals surface area (Å²) >= 11 is 5.99. The van der Waals surface area contributed by atoms with Gasteiger partial charge < -0.3 is 5.73 Å². The van der Waals surface area contributed by atoms with Gasteiger partial charge in [-0.1, -0.05) is 17.7 Å². The third-order valence-corrected chi connectivity index (χ3v) is 2.30. The SMILES string of the molecule is Cc1c(N)ccc(C=CC#N)c1Cl. The molecule has 13 heavy (non-hydrogen) atoms. The van der Waals surface area contributed by atoms with Crippen LogP contribution < -0.4 is 5.73 Å². The van der Waals surface area contributed by atoms with E-state index in [1.165, 1.54) is 6.08 Å². The number of allylic oxidation sites excluding steroid dienone is 1. The van der Waals surface area contributed by atoms with Gasteiger partial charge in [0.2, 0.25) is 0 Å². The molecular weight excluding hydrogens is 184 g/mol. The van der Waals surface area contributed by atoms with Crippen molar-refractivity contribution in [3.05, 3.63) is 34.4 Å². The van der Waals surface area contributed by atoms with E-state index in [2.05, 4.69) is 0 Å². The second-order valence-electron chi connectivity index (χ2n) is 2.65. The first kappa shape index (κ1) is 9.63. The lowest BCUT2D eigenvalue weighted by Crippen LogP contribution is -1.91. The minimum atomic E-state index is 0.603. The molecule has 0 aliphatic carbocycles. The molecule has 0 aliphatic rings. The molecule has 0 aliphatic heterocycles. The maximum atomic E-state index is 8.34. The standard InChI is InChI=1S/C10H9ClN2/c1-7-9(13)5-4-8(10(7)11)3-2-6-12/h2-5H,13H2,1H3. The van der Waals surface area contributed by atoms with E-state index >= 15 is 0 Å². The third kappa shape index (κ3) is 2.01. The predicted octanol–water partition coefficient (Wildman–Crippen LogP) is 2.77. The van der Waals surface area contributed by atoms with Crippen LogP contribution in [-0.4, -0.2) is 0 Å². The van der Waals surface area contributed by atoms with Gasteiger partial charge in [0, 0.05) is 11.8 Å². The molecule has 1 aromatic rings. The summed E-state index contributed by atoms with van der Waals surface area (Å²) in [5, 5.41) is 8.94. The van der Waals surface area contributed by atoms with Crippen LogP contribution >= 0.6 is 11.6 Å². The summed E-state index contributed by atoms with van der Waals surface area (Å²) in [5.74, 6) is 0. The highest BCUT2D eigenvalue weighted by Gasteiger charge is 2.02. The van der Waals surface area contributed by atoms with Crippen LogP contribution in [0.5, 0.6) is 0 Å². The molecule has 2 nitrogen and oxygen atoms in total. The van der Waals surface area contributed by atoms with Crippen molar-refractivity contribution in [3.63, 3.8) is 0 Å². The summed E-state index contributed by atoms with van der Waals surface area (Å²) in [7, 11) is 0. The van der Waals surface area contributed by atoms with Crippen LogP contribution in [0.1, 0.15) is 11.1 Å². The van der Waals surface area contributed by atoms with E-state index in [-0.39, 0.29) is 0 Å². The van der Waals surface area contributed by atoms with Gasteiger partial charge in [0.1, 0.15) is 0 Å². The van der Waals surface area contributed by atoms with E-state index in [1.54, 1.807) is 18.2 Å². The molecule has 0 amide bonds. The Balaban J connectivity index is 3.20. The number of nitrogens with two attached hydrogens (primary N) is 1. The van der Waals surface area contributed by atoms with Gasteiger partial charge in [0.15, 0.2) is 0 Å². The minimum Gasteiger partial charge on any atom is -0.398 e. The average molecular weight is 193 g/mol. The number of anilines is 1. The molecule has 1 aromatic carbocycles. The van der Waals surface area contributed by atoms with Crippen molar-refractivity contribution in [1.29, 1.82) is 5.26 Å². The largest absolute Gasteiger partial charge is 0.398 e. The van der Waals surface area contributed by atoms with Gasteiger partial charge in [-0.05, 0) is 30.2 Å². The normalized spacial score (nSPS) is 10.2. The Hall–Kier alpha value is -1.46. The molecule has 0 heterocycles. The van der Waals surface area contributed by atoms with Crippen molar-refractivity contribution in [2.24, 2.45) is 0 Å². The van der Waals surface area contributed by atoms with Gasteiger partial charge in [-0.25, -0.2) is 0 Å². The zero-order chi connectivity index (χ0) is 9.84. The fraction of sp³-hybridized carbons (Fsp3) is 0.100. The first-order valence-electron chi connectivity index (χ1n) is 3.77. The molecule has 0 atom stereocenters. The fourth-order valence-electron chi connectivity index (χ4n) is 0.977. The molecule has 2 N–H and O–H groups in total. The van der Waals surface area contributed by atoms with Crippen LogP contribution in [0.15, 0.2) is 18.2 Å². The molecule has 3 heteroatoms. The molecule has 0 saturated carbocycles. The van der Waals surface area contributed by atoms with Gasteiger partial charge in [-0.15, -0.1) is 0 Å². The summed E-state index contributed by atoms with van der Waals surface area (Å²) in [6.45, 7) is 1.85. The number of nitrogen functional groups attached to an aromatic ring is 1. The quantitative estimate of drug-likeness (QED) is 0.550. The van der Waals surface area contributed by atoms with Crippen molar-refractivity contribution in [1.82, 2.24) is 0 Å². The van der Waals surface area contributed by atoms with Crippen LogP contribution in [0.2, 0.25) is 5.02 Å². The van der Waals surface area contributed by atoms with E-state index in [1.807, 2.05) is 13.0 Å². The lowest BCUT2D eigenvalue weighted by Gasteiger charge is -2.04. The highest BCUT2D eigenvalue weighted by molar-refractivity contribution is 6.33. The predicted molar refractivity (Wildman–Crippen MR) is 55.2 cm³/mol. The molecular formula is C10H9ClN2. The molecule has 0 unspecified atom stereocenters.